The predicted octanol–water partition coefficient (Wildman–Crippen LogP) is 0.922. The molecular weight excluding hydrogens is 154 g/mol. The fraction of sp³-hybridized carbons (Fsp3) is 0.333. The zero-order valence-electron chi connectivity index (χ0n) is 6.66. The van der Waals surface area contributed by atoms with Crippen LogP contribution in [-0.2, 0) is 11.3 Å². The predicted molar refractivity (Wildman–Crippen MR) is 44.7 cm³/mol. The van der Waals surface area contributed by atoms with Crippen LogP contribution in [-0.4, -0.2) is 11.7 Å². The maximum atomic E-state index is 9.49. The molecule has 0 fully saturated rings. The normalized spacial score (nSPS) is 21.9. The van der Waals surface area contributed by atoms with Crippen LogP contribution in [0.5, 0.6) is 5.75 Å². The highest BCUT2D eigenvalue weighted by molar-refractivity contribution is 5.42. The van der Waals surface area contributed by atoms with Crippen molar-refractivity contribution in [2.75, 3.05) is 6.61 Å². The van der Waals surface area contributed by atoms with Crippen LogP contribution in [0.2, 0.25) is 0 Å². The second-order valence-electron chi connectivity index (χ2n) is 2.97. The summed E-state index contributed by atoms with van der Waals surface area (Å²) in [4.78, 5) is 0. The lowest BCUT2D eigenvalue weighted by Gasteiger charge is -2.23. The van der Waals surface area contributed by atoms with Gasteiger partial charge in [-0.1, -0.05) is 12.1 Å². The van der Waals surface area contributed by atoms with Crippen molar-refractivity contribution in [1.82, 2.24) is 0 Å². The van der Waals surface area contributed by atoms with Crippen LogP contribution in [0.25, 0.3) is 0 Å². The number of hydrogen-bond donors (Lipinski definition) is 2. The molecule has 3 nitrogen and oxygen atoms in total. The Balaban J connectivity index is 2.53. The van der Waals surface area contributed by atoms with E-state index < -0.39 is 0 Å². The topological polar surface area (TPSA) is 55.5 Å². The number of benzene rings is 1. The molecule has 0 amide bonds. The first-order chi connectivity index (χ1) is 5.79. The first-order valence-electron chi connectivity index (χ1n) is 3.93. The van der Waals surface area contributed by atoms with Gasteiger partial charge in [0.25, 0.3) is 0 Å². The van der Waals surface area contributed by atoms with Crippen molar-refractivity contribution < 1.29 is 9.84 Å². The first-order valence-corrected chi connectivity index (χ1v) is 3.93. The average molecular weight is 165 g/mol. The SMILES string of the molecule is N[C@H]1COCc2cccc(O)c21. The van der Waals surface area contributed by atoms with E-state index in [1.807, 2.05) is 6.07 Å². The van der Waals surface area contributed by atoms with E-state index in [9.17, 15) is 5.11 Å². The Morgan fingerprint density at radius 1 is 1.50 bits per heavy atom. The molecule has 0 unspecified atom stereocenters. The fourth-order valence-corrected chi connectivity index (χ4v) is 1.53. The molecule has 1 heterocycles. The lowest BCUT2D eigenvalue weighted by Crippen LogP contribution is -2.23. The van der Waals surface area contributed by atoms with Crippen LogP contribution in [0.4, 0.5) is 0 Å². The highest BCUT2D eigenvalue weighted by atomic mass is 16.5. The third-order valence-electron chi connectivity index (χ3n) is 2.10. The Labute approximate surface area is 70.8 Å². The number of ether oxygens (including phenoxy) is 1. The molecule has 0 saturated heterocycles. The summed E-state index contributed by atoms with van der Waals surface area (Å²) in [6.07, 6.45) is 0. The third kappa shape index (κ3) is 1.07. The van der Waals surface area contributed by atoms with Gasteiger partial charge in [-0.05, 0) is 11.6 Å². The Kier molecular flexibility index (Phi) is 1.75. The molecule has 0 aromatic heterocycles. The zero-order chi connectivity index (χ0) is 8.55. The van der Waals surface area contributed by atoms with Gasteiger partial charge in [0.15, 0.2) is 0 Å². The molecule has 64 valence electrons. The van der Waals surface area contributed by atoms with Gasteiger partial charge in [0.2, 0.25) is 0 Å². The summed E-state index contributed by atoms with van der Waals surface area (Å²) >= 11 is 0. The molecule has 1 aliphatic heterocycles. The van der Waals surface area contributed by atoms with Gasteiger partial charge in [0.1, 0.15) is 5.75 Å². The van der Waals surface area contributed by atoms with Crippen LogP contribution in [0.3, 0.4) is 0 Å². The van der Waals surface area contributed by atoms with E-state index in [0.717, 1.165) is 11.1 Å². The number of aromatic hydroxyl groups is 1. The summed E-state index contributed by atoms with van der Waals surface area (Å²) < 4.78 is 5.23. The summed E-state index contributed by atoms with van der Waals surface area (Å²) in [6, 6.07) is 5.20. The molecule has 12 heavy (non-hydrogen) atoms. The van der Waals surface area contributed by atoms with Crippen LogP contribution in [0.1, 0.15) is 17.2 Å². The summed E-state index contributed by atoms with van der Waals surface area (Å²) in [5.74, 6) is 0.281. The van der Waals surface area contributed by atoms with Gasteiger partial charge in [-0.15, -0.1) is 0 Å². The Bertz CT molecular complexity index is 299. The lowest BCUT2D eigenvalue weighted by molar-refractivity contribution is 0.0911. The number of hydrogen-bond acceptors (Lipinski definition) is 3. The van der Waals surface area contributed by atoms with Crippen molar-refractivity contribution in [2.45, 2.75) is 12.6 Å². The molecule has 0 spiro atoms. The van der Waals surface area contributed by atoms with Crippen molar-refractivity contribution in [2.24, 2.45) is 5.73 Å². The van der Waals surface area contributed by atoms with Crippen LogP contribution in [0, 0.1) is 0 Å². The van der Waals surface area contributed by atoms with Gasteiger partial charge >= 0.3 is 0 Å². The number of phenolic OH excluding ortho intramolecular Hbond substituents is 1. The van der Waals surface area contributed by atoms with E-state index in [1.54, 1.807) is 12.1 Å². The Morgan fingerprint density at radius 3 is 3.08 bits per heavy atom. The summed E-state index contributed by atoms with van der Waals surface area (Å²) in [6.45, 7) is 1.04. The number of phenols is 1. The number of nitrogens with two attached hydrogens (primary N) is 1. The molecule has 0 bridgehead atoms. The average Bonchev–Trinajstić information content (AvgIpc) is 2.04. The monoisotopic (exact) mass is 165 g/mol. The lowest BCUT2D eigenvalue weighted by atomic mass is 9.99. The third-order valence-corrected chi connectivity index (χ3v) is 2.10. The smallest absolute Gasteiger partial charge is 0.120 e. The van der Waals surface area contributed by atoms with Crippen LogP contribution in [0.15, 0.2) is 18.2 Å². The fourth-order valence-electron chi connectivity index (χ4n) is 1.53. The number of fused-ring (bicyclic) bond motifs is 1. The van der Waals surface area contributed by atoms with E-state index in [-0.39, 0.29) is 11.8 Å². The van der Waals surface area contributed by atoms with Crippen LogP contribution < -0.4 is 5.73 Å². The summed E-state index contributed by atoms with van der Waals surface area (Å²) in [5.41, 5.74) is 7.59. The maximum Gasteiger partial charge on any atom is 0.120 e. The highest BCUT2D eigenvalue weighted by Gasteiger charge is 2.19. The number of rotatable bonds is 0. The van der Waals surface area contributed by atoms with Crippen molar-refractivity contribution in [3.8, 4) is 5.75 Å². The van der Waals surface area contributed by atoms with Crippen molar-refractivity contribution in [1.29, 1.82) is 0 Å². The van der Waals surface area contributed by atoms with E-state index in [1.165, 1.54) is 0 Å². The van der Waals surface area contributed by atoms with Gasteiger partial charge in [0, 0.05) is 5.56 Å². The standard InChI is InChI=1S/C9H11NO2/c10-7-5-12-4-6-2-1-3-8(11)9(6)7/h1-3,7,11H,4-5,10H2/t7-/m0/s1. The highest BCUT2D eigenvalue weighted by Crippen LogP contribution is 2.30. The molecule has 0 aliphatic carbocycles. The minimum atomic E-state index is -0.185. The van der Waals surface area contributed by atoms with Gasteiger partial charge < -0.3 is 15.6 Å². The maximum absolute atomic E-state index is 9.49. The molecule has 2 rings (SSSR count). The van der Waals surface area contributed by atoms with E-state index in [2.05, 4.69) is 0 Å². The van der Waals surface area contributed by atoms with Crippen molar-refractivity contribution in [3.63, 3.8) is 0 Å². The minimum Gasteiger partial charge on any atom is -0.508 e. The second-order valence-corrected chi connectivity index (χ2v) is 2.97. The molecule has 0 radical (unpaired) electrons. The zero-order valence-corrected chi connectivity index (χ0v) is 6.66. The molecule has 3 N–H and O–H groups in total. The summed E-state index contributed by atoms with van der Waals surface area (Å²) in [7, 11) is 0. The van der Waals surface area contributed by atoms with Crippen molar-refractivity contribution >= 4 is 0 Å². The van der Waals surface area contributed by atoms with E-state index in [0.29, 0.717) is 13.2 Å². The van der Waals surface area contributed by atoms with Gasteiger partial charge in [-0.25, -0.2) is 0 Å². The molecule has 1 aliphatic rings. The second kappa shape index (κ2) is 2.77. The molecule has 1 aromatic carbocycles. The van der Waals surface area contributed by atoms with Gasteiger partial charge in [-0.2, -0.15) is 0 Å². The van der Waals surface area contributed by atoms with E-state index in [4.69, 9.17) is 10.5 Å². The van der Waals surface area contributed by atoms with Gasteiger partial charge in [-0.3, -0.25) is 0 Å². The molecule has 1 aromatic rings. The first kappa shape index (κ1) is 7.58. The van der Waals surface area contributed by atoms with Gasteiger partial charge in [0.05, 0.1) is 19.3 Å². The van der Waals surface area contributed by atoms with E-state index >= 15 is 0 Å². The molecule has 1 atom stereocenters. The summed E-state index contributed by atoms with van der Waals surface area (Å²) in [5, 5.41) is 9.49. The molecular formula is C9H11NO2. The minimum absolute atomic E-state index is 0.185. The Morgan fingerprint density at radius 2 is 2.33 bits per heavy atom. The largest absolute Gasteiger partial charge is 0.508 e. The Hall–Kier alpha value is -1.06. The quantitative estimate of drug-likeness (QED) is 0.601. The molecule has 0 saturated carbocycles. The molecule has 3 heteroatoms. The van der Waals surface area contributed by atoms with Crippen LogP contribution >= 0.6 is 0 Å². The van der Waals surface area contributed by atoms with Crippen molar-refractivity contribution in [3.05, 3.63) is 29.3 Å².